The van der Waals surface area contributed by atoms with Crippen LogP contribution < -0.4 is 0 Å². The summed E-state index contributed by atoms with van der Waals surface area (Å²) in [6.45, 7) is 7.25. The number of ether oxygens (including phenoxy) is 4. The molecule has 0 fully saturated rings. The molecule has 0 spiro atoms. The third-order valence-corrected chi connectivity index (χ3v) is 19.2. The molecule has 0 aliphatic heterocycles. The summed E-state index contributed by atoms with van der Waals surface area (Å²) >= 11 is 0. The smallest absolute Gasteiger partial charge is 0.462 e. The number of carbonyl (C=O) groups excluding carboxylic acids is 4. The molecule has 0 radical (unpaired) electrons. The SMILES string of the molecule is CCCCCCCCCCCCCCCCCCCCC(=O)O[C@H](COC(=O)CCCCCCCCCCCCCC(C)C)COP(=O)(O)OC[C@@H](O)COP(=O)(O)OC[C@@H](COC(=O)CCCCCCCCC)OC(=O)CCCCCCCCCCCCCCCC. The number of phosphoric acid groups is 2. The Balaban J connectivity index is 5.19. The van der Waals surface area contributed by atoms with E-state index in [-0.39, 0.29) is 25.7 Å². The molecule has 0 aliphatic rings. The lowest BCUT2D eigenvalue weighted by Gasteiger charge is -2.21. The highest BCUT2D eigenvalue weighted by molar-refractivity contribution is 7.47. The van der Waals surface area contributed by atoms with Crippen molar-refractivity contribution in [1.82, 2.24) is 0 Å². The average Bonchev–Trinajstić information content (AvgIpc) is 2.19. The van der Waals surface area contributed by atoms with Gasteiger partial charge in [-0.25, -0.2) is 9.13 Å². The fourth-order valence-electron chi connectivity index (χ4n) is 11.4. The van der Waals surface area contributed by atoms with Crippen molar-refractivity contribution in [2.24, 2.45) is 5.92 Å². The van der Waals surface area contributed by atoms with Crippen molar-refractivity contribution in [1.29, 1.82) is 0 Å². The van der Waals surface area contributed by atoms with Crippen LogP contribution in [0.1, 0.15) is 388 Å². The Morgan fingerprint density at radius 2 is 0.495 bits per heavy atom. The molecule has 552 valence electrons. The summed E-state index contributed by atoms with van der Waals surface area (Å²) in [7, 11) is -9.90. The van der Waals surface area contributed by atoms with Crippen LogP contribution in [0, 0.1) is 5.92 Å². The Kier molecular flexibility index (Phi) is 65.9. The first-order valence-corrected chi connectivity index (χ1v) is 41.6. The van der Waals surface area contributed by atoms with Gasteiger partial charge in [0.1, 0.15) is 19.3 Å². The van der Waals surface area contributed by atoms with Crippen LogP contribution in [-0.2, 0) is 65.4 Å². The molecule has 0 amide bonds. The number of esters is 4. The Morgan fingerprint density at radius 1 is 0.290 bits per heavy atom. The minimum atomic E-state index is -4.95. The second kappa shape index (κ2) is 67.3. The van der Waals surface area contributed by atoms with Gasteiger partial charge in [0, 0.05) is 25.7 Å². The van der Waals surface area contributed by atoms with Crippen LogP contribution >= 0.6 is 15.6 Å². The van der Waals surface area contributed by atoms with Gasteiger partial charge < -0.3 is 33.8 Å². The second-order valence-corrected chi connectivity index (χ2v) is 30.1. The van der Waals surface area contributed by atoms with Crippen molar-refractivity contribution >= 4 is 39.5 Å². The molecular formula is C74H144O17P2. The summed E-state index contributed by atoms with van der Waals surface area (Å²) in [5.41, 5.74) is 0. The number of phosphoric ester groups is 2. The van der Waals surface area contributed by atoms with E-state index in [0.29, 0.717) is 25.7 Å². The van der Waals surface area contributed by atoms with E-state index in [0.717, 1.165) is 109 Å². The number of aliphatic hydroxyl groups is 1. The van der Waals surface area contributed by atoms with E-state index in [1.807, 2.05) is 0 Å². The molecule has 0 aliphatic carbocycles. The molecule has 0 rings (SSSR count). The minimum Gasteiger partial charge on any atom is -0.462 e. The standard InChI is InChI=1S/C74H144O17P2/c1-6-9-12-15-18-20-22-24-26-27-28-29-31-35-40-45-50-55-60-74(79)91-70(64-85-72(77)58-53-48-43-38-36-32-33-37-42-46-51-56-67(4)5)66-89-93(82,83)87-62-68(75)61-86-92(80,81)88-65-69(63-84-71(76)57-52-47-41-17-14-11-8-3)90-73(78)59-54-49-44-39-34-30-25-23-21-19-16-13-10-7-2/h67-70,75H,6-66H2,1-5H3,(H,80,81)(H,82,83)/t68-,69+,70+/m0/s1. The quantitative estimate of drug-likeness (QED) is 0.0222. The van der Waals surface area contributed by atoms with Crippen LogP contribution in [0.5, 0.6) is 0 Å². The van der Waals surface area contributed by atoms with Gasteiger partial charge in [0.25, 0.3) is 0 Å². The Hall–Kier alpha value is -1.94. The third-order valence-electron chi connectivity index (χ3n) is 17.3. The fraction of sp³-hybridized carbons (Fsp3) is 0.946. The summed E-state index contributed by atoms with van der Waals surface area (Å²) in [5.74, 6) is -1.35. The summed E-state index contributed by atoms with van der Waals surface area (Å²) in [5, 5.41) is 10.6. The predicted molar refractivity (Wildman–Crippen MR) is 377 cm³/mol. The van der Waals surface area contributed by atoms with Crippen LogP contribution in [0.3, 0.4) is 0 Å². The van der Waals surface area contributed by atoms with Crippen molar-refractivity contribution in [2.45, 2.75) is 406 Å². The number of hydrogen-bond acceptors (Lipinski definition) is 15. The predicted octanol–water partition coefficient (Wildman–Crippen LogP) is 21.7. The molecule has 0 aromatic carbocycles. The van der Waals surface area contributed by atoms with E-state index in [9.17, 15) is 43.2 Å². The molecule has 2 unspecified atom stereocenters. The highest BCUT2D eigenvalue weighted by atomic mass is 31.2. The first-order valence-electron chi connectivity index (χ1n) is 38.6. The van der Waals surface area contributed by atoms with Crippen molar-refractivity contribution in [3.8, 4) is 0 Å². The van der Waals surface area contributed by atoms with Crippen molar-refractivity contribution in [3.63, 3.8) is 0 Å². The number of aliphatic hydroxyl groups excluding tert-OH is 1. The van der Waals surface area contributed by atoms with Gasteiger partial charge >= 0.3 is 39.5 Å². The third kappa shape index (κ3) is 68.4. The van der Waals surface area contributed by atoms with Crippen molar-refractivity contribution < 1.29 is 80.2 Å². The maximum atomic E-state index is 13.1. The summed E-state index contributed by atoms with van der Waals surface area (Å²) in [6.07, 6.45) is 55.6. The molecule has 19 heteroatoms. The lowest BCUT2D eigenvalue weighted by molar-refractivity contribution is -0.161. The number of rotatable bonds is 74. The lowest BCUT2D eigenvalue weighted by atomic mass is 10.0. The molecule has 0 aromatic heterocycles. The summed E-state index contributed by atoms with van der Waals surface area (Å²) < 4.78 is 68.4. The van der Waals surface area contributed by atoms with Gasteiger partial charge in [-0.05, 0) is 31.6 Å². The van der Waals surface area contributed by atoms with Crippen molar-refractivity contribution in [3.05, 3.63) is 0 Å². The van der Waals surface area contributed by atoms with Crippen LogP contribution in [0.4, 0.5) is 0 Å². The lowest BCUT2D eigenvalue weighted by Crippen LogP contribution is -2.30. The molecule has 0 saturated heterocycles. The Labute approximate surface area is 568 Å². The van der Waals surface area contributed by atoms with Crippen LogP contribution in [0.15, 0.2) is 0 Å². The zero-order valence-corrected chi connectivity index (χ0v) is 62.2. The zero-order chi connectivity index (χ0) is 68.4. The number of hydrogen-bond donors (Lipinski definition) is 3. The monoisotopic (exact) mass is 1370 g/mol. The first-order chi connectivity index (χ1) is 45.0. The summed E-state index contributed by atoms with van der Waals surface area (Å²) in [4.78, 5) is 72.6. The number of carbonyl (C=O) groups is 4. The molecule has 0 aromatic rings. The van der Waals surface area contributed by atoms with Crippen LogP contribution in [-0.4, -0.2) is 96.7 Å². The maximum Gasteiger partial charge on any atom is 0.472 e. The highest BCUT2D eigenvalue weighted by Crippen LogP contribution is 2.45. The Bertz CT molecular complexity index is 1790. The first kappa shape index (κ1) is 91.1. The van der Waals surface area contributed by atoms with Gasteiger partial charge in [0.15, 0.2) is 12.2 Å². The molecule has 93 heavy (non-hydrogen) atoms. The molecule has 0 saturated carbocycles. The van der Waals surface area contributed by atoms with Gasteiger partial charge in [0.05, 0.1) is 26.4 Å². The topological polar surface area (TPSA) is 237 Å². The second-order valence-electron chi connectivity index (χ2n) is 27.2. The molecule has 17 nitrogen and oxygen atoms in total. The fourth-order valence-corrected chi connectivity index (χ4v) is 12.9. The zero-order valence-electron chi connectivity index (χ0n) is 60.4. The van der Waals surface area contributed by atoms with E-state index < -0.39 is 97.5 Å². The average molecular weight is 1370 g/mol. The van der Waals surface area contributed by atoms with E-state index in [1.54, 1.807) is 0 Å². The largest absolute Gasteiger partial charge is 0.472 e. The van der Waals surface area contributed by atoms with Gasteiger partial charge in [0.2, 0.25) is 0 Å². The van der Waals surface area contributed by atoms with Crippen LogP contribution in [0.25, 0.3) is 0 Å². The van der Waals surface area contributed by atoms with Gasteiger partial charge in [-0.2, -0.15) is 0 Å². The van der Waals surface area contributed by atoms with Gasteiger partial charge in [-0.15, -0.1) is 0 Å². The number of unbranched alkanes of at least 4 members (excludes halogenated alkanes) is 46. The van der Waals surface area contributed by atoms with Crippen LogP contribution in [0.2, 0.25) is 0 Å². The van der Waals surface area contributed by atoms with Gasteiger partial charge in [-0.1, -0.05) is 336 Å². The highest BCUT2D eigenvalue weighted by Gasteiger charge is 2.30. The molecule has 0 heterocycles. The minimum absolute atomic E-state index is 0.108. The van der Waals surface area contributed by atoms with E-state index in [1.165, 1.54) is 199 Å². The van der Waals surface area contributed by atoms with Crippen molar-refractivity contribution in [2.75, 3.05) is 39.6 Å². The molecular weight excluding hydrogens is 1220 g/mol. The van der Waals surface area contributed by atoms with Gasteiger partial charge in [-0.3, -0.25) is 37.3 Å². The Morgan fingerprint density at radius 3 is 0.731 bits per heavy atom. The molecule has 5 atom stereocenters. The molecule has 3 N–H and O–H groups in total. The summed E-state index contributed by atoms with van der Waals surface area (Å²) in [6, 6.07) is 0. The van der Waals surface area contributed by atoms with E-state index >= 15 is 0 Å². The normalized spacial score (nSPS) is 14.0. The van der Waals surface area contributed by atoms with E-state index in [4.69, 9.17) is 37.0 Å². The maximum absolute atomic E-state index is 13.1. The molecule has 0 bridgehead atoms. The van der Waals surface area contributed by atoms with E-state index in [2.05, 4.69) is 34.6 Å².